The molecule has 0 amide bonds. The Morgan fingerprint density at radius 3 is 2.62 bits per heavy atom. The molecular weight excluding hydrogens is 286 g/mol. The van der Waals surface area contributed by atoms with E-state index in [0.29, 0.717) is 0 Å². The fraction of sp³-hybridized carbons (Fsp3) is 0.625. The van der Waals surface area contributed by atoms with E-state index in [0.717, 1.165) is 44.2 Å². The summed E-state index contributed by atoms with van der Waals surface area (Å²) in [6, 6.07) is 6.09. The Hall–Kier alpha value is -0.810. The fourth-order valence-corrected chi connectivity index (χ4v) is 2.35. The summed E-state index contributed by atoms with van der Waals surface area (Å²) >= 11 is 6.15. The van der Waals surface area contributed by atoms with Crippen molar-refractivity contribution in [3.8, 4) is 0 Å². The number of ether oxygens (including phenoxy) is 1. The van der Waals surface area contributed by atoms with Gasteiger partial charge >= 0.3 is 0 Å². The van der Waals surface area contributed by atoms with E-state index < -0.39 is 0 Å². The summed E-state index contributed by atoms with van der Waals surface area (Å²) in [6.07, 6.45) is 1.13. The highest BCUT2D eigenvalue weighted by Gasteiger charge is 2.08. The number of nitrogens with one attached hydrogen (secondary N) is 1. The van der Waals surface area contributed by atoms with Crippen molar-refractivity contribution in [3.63, 3.8) is 0 Å². The van der Waals surface area contributed by atoms with Crippen molar-refractivity contribution >= 4 is 17.3 Å². The zero-order valence-corrected chi connectivity index (χ0v) is 14.4. The van der Waals surface area contributed by atoms with Crippen LogP contribution >= 0.6 is 11.6 Å². The molecule has 0 aliphatic rings. The summed E-state index contributed by atoms with van der Waals surface area (Å²) < 4.78 is 5.05. The third-order valence-corrected chi connectivity index (χ3v) is 3.59. The molecular formula is C16H28ClN3O. The topological polar surface area (TPSA) is 27.7 Å². The molecule has 1 rings (SSSR count). The van der Waals surface area contributed by atoms with Gasteiger partial charge in [-0.25, -0.2) is 0 Å². The summed E-state index contributed by atoms with van der Waals surface area (Å²) in [4.78, 5) is 4.49. The summed E-state index contributed by atoms with van der Waals surface area (Å²) in [5, 5.41) is 4.17. The highest BCUT2D eigenvalue weighted by Crippen LogP contribution is 2.24. The largest absolute Gasteiger partial charge is 0.383 e. The van der Waals surface area contributed by atoms with Crippen LogP contribution in [-0.4, -0.2) is 59.4 Å². The van der Waals surface area contributed by atoms with E-state index in [4.69, 9.17) is 16.3 Å². The zero-order valence-electron chi connectivity index (χ0n) is 13.7. The van der Waals surface area contributed by atoms with Crippen molar-refractivity contribution in [1.82, 2.24) is 10.2 Å². The molecule has 0 fully saturated rings. The lowest BCUT2D eigenvalue weighted by Gasteiger charge is -2.24. The first-order chi connectivity index (χ1) is 10.0. The number of rotatable bonds is 10. The van der Waals surface area contributed by atoms with Crippen LogP contribution in [0.25, 0.3) is 0 Å². The van der Waals surface area contributed by atoms with Gasteiger partial charge in [-0.05, 0) is 44.8 Å². The van der Waals surface area contributed by atoms with Gasteiger partial charge in [0.05, 0.1) is 6.61 Å². The molecule has 0 saturated heterocycles. The van der Waals surface area contributed by atoms with Crippen molar-refractivity contribution in [2.45, 2.75) is 13.0 Å². The molecule has 1 aromatic carbocycles. The molecule has 0 bridgehead atoms. The molecule has 5 heteroatoms. The SMILES string of the molecule is COCCNCc1ccc(Cl)cc1N(C)CCCN(C)C. The van der Waals surface area contributed by atoms with Crippen molar-refractivity contribution in [1.29, 1.82) is 0 Å². The van der Waals surface area contributed by atoms with Crippen molar-refractivity contribution in [3.05, 3.63) is 28.8 Å². The lowest BCUT2D eigenvalue weighted by molar-refractivity contribution is 0.199. The Balaban J connectivity index is 2.62. The summed E-state index contributed by atoms with van der Waals surface area (Å²) in [5.74, 6) is 0. The maximum atomic E-state index is 6.15. The van der Waals surface area contributed by atoms with Crippen LogP contribution in [0.3, 0.4) is 0 Å². The molecule has 120 valence electrons. The Labute approximate surface area is 134 Å². The molecule has 0 heterocycles. The first-order valence-corrected chi connectivity index (χ1v) is 7.76. The van der Waals surface area contributed by atoms with Crippen LogP contribution in [0.5, 0.6) is 0 Å². The Kier molecular flexibility index (Phi) is 8.69. The van der Waals surface area contributed by atoms with Gasteiger partial charge in [0.2, 0.25) is 0 Å². The lowest BCUT2D eigenvalue weighted by Crippen LogP contribution is -2.25. The second-order valence-electron chi connectivity index (χ2n) is 5.52. The highest BCUT2D eigenvalue weighted by molar-refractivity contribution is 6.30. The van der Waals surface area contributed by atoms with Crippen LogP contribution in [0.4, 0.5) is 5.69 Å². The number of benzene rings is 1. The van der Waals surface area contributed by atoms with E-state index >= 15 is 0 Å². The Morgan fingerprint density at radius 2 is 1.95 bits per heavy atom. The molecule has 0 atom stereocenters. The van der Waals surface area contributed by atoms with Gasteiger partial charge in [-0.3, -0.25) is 0 Å². The lowest BCUT2D eigenvalue weighted by atomic mass is 10.1. The molecule has 0 aliphatic carbocycles. The normalized spacial score (nSPS) is 11.1. The Morgan fingerprint density at radius 1 is 1.19 bits per heavy atom. The molecule has 4 nitrogen and oxygen atoms in total. The van der Waals surface area contributed by atoms with Gasteiger partial charge in [-0.1, -0.05) is 17.7 Å². The maximum Gasteiger partial charge on any atom is 0.0587 e. The zero-order chi connectivity index (χ0) is 15.7. The maximum absolute atomic E-state index is 6.15. The van der Waals surface area contributed by atoms with Crippen molar-refractivity contribution in [2.24, 2.45) is 0 Å². The molecule has 21 heavy (non-hydrogen) atoms. The molecule has 0 spiro atoms. The quantitative estimate of drug-likeness (QED) is 0.672. The first-order valence-electron chi connectivity index (χ1n) is 7.38. The minimum absolute atomic E-state index is 0.724. The fourth-order valence-electron chi connectivity index (χ4n) is 2.18. The van der Waals surface area contributed by atoms with Gasteiger partial charge in [-0.2, -0.15) is 0 Å². The predicted molar refractivity (Wildman–Crippen MR) is 91.5 cm³/mol. The second kappa shape index (κ2) is 10.0. The van der Waals surface area contributed by atoms with Crippen LogP contribution in [0.2, 0.25) is 5.02 Å². The van der Waals surface area contributed by atoms with Gasteiger partial charge < -0.3 is 19.9 Å². The second-order valence-corrected chi connectivity index (χ2v) is 5.96. The third-order valence-electron chi connectivity index (χ3n) is 3.36. The molecule has 1 N–H and O–H groups in total. The van der Waals surface area contributed by atoms with Crippen LogP contribution in [0, 0.1) is 0 Å². The number of methoxy groups -OCH3 is 1. The third kappa shape index (κ3) is 7.14. The molecule has 0 aliphatic heterocycles. The monoisotopic (exact) mass is 313 g/mol. The van der Waals surface area contributed by atoms with Gasteiger partial charge in [0, 0.05) is 44.5 Å². The van der Waals surface area contributed by atoms with Gasteiger partial charge in [0.25, 0.3) is 0 Å². The van der Waals surface area contributed by atoms with E-state index in [1.54, 1.807) is 7.11 Å². The predicted octanol–water partition coefficient (Wildman–Crippen LogP) is 2.46. The van der Waals surface area contributed by atoms with Crippen molar-refractivity contribution in [2.75, 3.05) is 59.4 Å². The molecule has 1 aromatic rings. The summed E-state index contributed by atoms with van der Waals surface area (Å²) in [7, 11) is 8.04. The standard InChI is InChI=1S/C16H28ClN3O/c1-19(2)9-5-10-20(3)16-12-15(17)7-6-14(16)13-18-8-11-21-4/h6-7,12,18H,5,8-11,13H2,1-4H3. The van der Waals surface area contributed by atoms with E-state index in [-0.39, 0.29) is 0 Å². The molecule has 0 aromatic heterocycles. The van der Waals surface area contributed by atoms with E-state index in [1.165, 1.54) is 11.3 Å². The minimum Gasteiger partial charge on any atom is -0.383 e. The van der Waals surface area contributed by atoms with Gasteiger partial charge in [0.1, 0.15) is 0 Å². The van der Waals surface area contributed by atoms with Crippen molar-refractivity contribution < 1.29 is 4.74 Å². The van der Waals surface area contributed by atoms with E-state index in [1.807, 2.05) is 12.1 Å². The number of hydrogen-bond acceptors (Lipinski definition) is 4. The first kappa shape index (κ1) is 18.2. The van der Waals surface area contributed by atoms with E-state index in [2.05, 4.69) is 42.3 Å². The Bertz CT molecular complexity index is 413. The number of halogens is 1. The summed E-state index contributed by atoms with van der Waals surface area (Å²) in [5.41, 5.74) is 2.47. The van der Waals surface area contributed by atoms with Gasteiger partial charge in [0.15, 0.2) is 0 Å². The van der Waals surface area contributed by atoms with Crippen LogP contribution in [0.1, 0.15) is 12.0 Å². The summed E-state index contributed by atoms with van der Waals surface area (Å²) in [6.45, 7) is 4.51. The molecule has 0 unspecified atom stereocenters. The highest BCUT2D eigenvalue weighted by atomic mass is 35.5. The van der Waals surface area contributed by atoms with E-state index in [9.17, 15) is 0 Å². The smallest absolute Gasteiger partial charge is 0.0587 e. The minimum atomic E-state index is 0.724. The molecule has 0 radical (unpaired) electrons. The van der Waals surface area contributed by atoms with Gasteiger partial charge in [-0.15, -0.1) is 0 Å². The average Bonchev–Trinajstić information content (AvgIpc) is 2.44. The average molecular weight is 314 g/mol. The number of nitrogens with zero attached hydrogens (tertiary/aromatic N) is 2. The number of hydrogen-bond donors (Lipinski definition) is 1. The number of anilines is 1. The van der Waals surface area contributed by atoms with Crippen LogP contribution in [-0.2, 0) is 11.3 Å². The van der Waals surface area contributed by atoms with Crippen LogP contribution < -0.4 is 10.2 Å². The molecule has 0 saturated carbocycles. The van der Waals surface area contributed by atoms with Crippen LogP contribution in [0.15, 0.2) is 18.2 Å².